The van der Waals surface area contributed by atoms with Crippen molar-refractivity contribution in [1.82, 2.24) is 24.6 Å². The summed E-state index contributed by atoms with van der Waals surface area (Å²) in [5.41, 5.74) is 0.735. The molecule has 24 heavy (non-hydrogen) atoms. The molecule has 1 saturated heterocycles. The van der Waals surface area contributed by atoms with Crippen LogP contribution in [0.4, 0.5) is 5.82 Å². The number of anilines is 1. The van der Waals surface area contributed by atoms with Crippen LogP contribution in [-0.4, -0.2) is 50.2 Å². The molecule has 0 bridgehead atoms. The molecule has 0 unspecified atom stereocenters. The Morgan fingerprint density at radius 2 is 2.00 bits per heavy atom. The highest BCUT2D eigenvalue weighted by Gasteiger charge is 2.22. The van der Waals surface area contributed by atoms with Crippen LogP contribution in [0.3, 0.4) is 0 Å². The van der Waals surface area contributed by atoms with Crippen LogP contribution in [-0.2, 0) is 10.3 Å². The number of hydrogen-bond acceptors (Lipinski definition) is 5. The topological polar surface area (TPSA) is 75.9 Å². The minimum atomic E-state index is -0.118. The van der Waals surface area contributed by atoms with E-state index in [-0.39, 0.29) is 11.4 Å². The highest BCUT2D eigenvalue weighted by atomic mass is 16.2. The lowest BCUT2D eigenvalue weighted by Crippen LogP contribution is -2.38. The molecule has 3 rings (SSSR count). The van der Waals surface area contributed by atoms with Crippen molar-refractivity contribution in [3.05, 3.63) is 12.5 Å². The predicted octanol–water partition coefficient (Wildman–Crippen LogP) is 2.25. The van der Waals surface area contributed by atoms with Crippen molar-refractivity contribution in [2.45, 2.75) is 46.1 Å². The van der Waals surface area contributed by atoms with E-state index in [2.05, 4.69) is 41.2 Å². The number of fused-ring (bicyclic) bond motifs is 1. The quantitative estimate of drug-likeness (QED) is 0.934. The van der Waals surface area contributed by atoms with Gasteiger partial charge in [-0.25, -0.2) is 14.6 Å². The number of carbonyl (C=O) groups excluding carboxylic acids is 1. The molecule has 0 radical (unpaired) electrons. The van der Waals surface area contributed by atoms with Gasteiger partial charge in [0.05, 0.1) is 17.1 Å². The molecule has 2 aromatic heterocycles. The van der Waals surface area contributed by atoms with Gasteiger partial charge in [0.15, 0.2) is 5.65 Å². The summed E-state index contributed by atoms with van der Waals surface area (Å²) in [6.07, 6.45) is 5.48. The second-order valence-electron chi connectivity index (χ2n) is 7.52. The van der Waals surface area contributed by atoms with E-state index in [4.69, 9.17) is 0 Å². The molecule has 7 heteroatoms. The first-order chi connectivity index (χ1) is 11.4. The van der Waals surface area contributed by atoms with Crippen LogP contribution in [0, 0.1) is 5.92 Å². The van der Waals surface area contributed by atoms with E-state index in [1.807, 2.05) is 15.8 Å². The molecule has 1 amide bonds. The highest BCUT2D eigenvalue weighted by Crippen LogP contribution is 2.25. The maximum atomic E-state index is 11.4. The summed E-state index contributed by atoms with van der Waals surface area (Å²) in [4.78, 5) is 22.1. The number of nitrogens with one attached hydrogen (secondary N) is 1. The monoisotopic (exact) mass is 330 g/mol. The highest BCUT2D eigenvalue weighted by molar-refractivity contribution is 5.86. The SMILES string of the molecule is CC(=O)N1CCC(CNc2ncnc3c2cnn3C(C)(C)C)CC1. The van der Waals surface area contributed by atoms with Crippen LogP contribution in [0.25, 0.3) is 11.0 Å². The van der Waals surface area contributed by atoms with Gasteiger partial charge in [-0.3, -0.25) is 4.79 Å². The van der Waals surface area contributed by atoms with Crippen molar-refractivity contribution in [1.29, 1.82) is 0 Å². The van der Waals surface area contributed by atoms with Gasteiger partial charge < -0.3 is 10.2 Å². The minimum Gasteiger partial charge on any atom is -0.369 e. The van der Waals surface area contributed by atoms with Gasteiger partial charge in [-0.15, -0.1) is 0 Å². The second-order valence-corrected chi connectivity index (χ2v) is 7.52. The Labute approximate surface area is 142 Å². The third-order valence-electron chi connectivity index (χ3n) is 4.62. The molecule has 7 nitrogen and oxygen atoms in total. The third-order valence-corrected chi connectivity index (χ3v) is 4.62. The molecule has 2 aromatic rings. The normalized spacial score (nSPS) is 16.6. The fraction of sp³-hybridized carbons (Fsp3) is 0.647. The van der Waals surface area contributed by atoms with Crippen molar-refractivity contribution in [3.63, 3.8) is 0 Å². The molecule has 0 atom stereocenters. The zero-order chi connectivity index (χ0) is 17.3. The Morgan fingerprint density at radius 3 is 2.62 bits per heavy atom. The van der Waals surface area contributed by atoms with Gasteiger partial charge in [0.2, 0.25) is 5.91 Å². The molecule has 0 spiro atoms. The molecule has 0 aromatic carbocycles. The number of nitrogens with zero attached hydrogens (tertiary/aromatic N) is 5. The lowest BCUT2D eigenvalue weighted by molar-refractivity contribution is -0.130. The number of amides is 1. The summed E-state index contributed by atoms with van der Waals surface area (Å²) in [7, 11) is 0. The van der Waals surface area contributed by atoms with Gasteiger partial charge in [0.25, 0.3) is 0 Å². The van der Waals surface area contributed by atoms with E-state index in [1.54, 1.807) is 13.3 Å². The summed E-state index contributed by atoms with van der Waals surface area (Å²) in [6.45, 7) is 10.5. The summed E-state index contributed by atoms with van der Waals surface area (Å²) < 4.78 is 1.93. The van der Waals surface area contributed by atoms with E-state index in [9.17, 15) is 4.79 Å². The van der Waals surface area contributed by atoms with Gasteiger partial charge in [-0.2, -0.15) is 5.10 Å². The Kier molecular flexibility index (Phi) is 4.43. The van der Waals surface area contributed by atoms with Crippen molar-refractivity contribution in [2.24, 2.45) is 5.92 Å². The minimum absolute atomic E-state index is 0.118. The van der Waals surface area contributed by atoms with Gasteiger partial charge >= 0.3 is 0 Å². The largest absolute Gasteiger partial charge is 0.369 e. The van der Waals surface area contributed by atoms with Crippen LogP contribution in [0.5, 0.6) is 0 Å². The lowest BCUT2D eigenvalue weighted by atomic mass is 9.97. The van der Waals surface area contributed by atoms with Gasteiger partial charge in [-0.1, -0.05) is 0 Å². The van der Waals surface area contributed by atoms with E-state index >= 15 is 0 Å². The Balaban J connectivity index is 1.68. The number of piperidine rings is 1. The van der Waals surface area contributed by atoms with Crippen LogP contribution in [0.2, 0.25) is 0 Å². The van der Waals surface area contributed by atoms with E-state index in [1.165, 1.54) is 0 Å². The van der Waals surface area contributed by atoms with Crippen molar-refractivity contribution in [3.8, 4) is 0 Å². The summed E-state index contributed by atoms with van der Waals surface area (Å²) in [5, 5.41) is 8.89. The molecular weight excluding hydrogens is 304 g/mol. The number of hydrogen-bond donors (Lipinski definition) is 1. The Hall–Kier alpha value is -2.18. The van der Waals surface area contributed by atoms with E-state index in [0.29, 0.717) is 5.92 Å². The summed E-state index contributed by atoms with van der Waals surface area (Å²) >= 11 is 0. The first-order valence-corrected chi connectivity index (χ1v) is 8.55. The molecule has 3 heterocycles. The van der Waals surface area contributed by atoms with Crippen LogP contribution in [0.1, 0.15) is 40.5 Å². The molecule has 1 fully saturated rings. The number of likely N-dealkylation sites (tertiary alicyclic amines) is 1. The molecule has 130 valence electrons. The summed E-state index contributed by atoms with van der Waals surface area (Å²) in [6, 6.07) is 0. The zero-order valence-electron chi connectivity index (χ0n) is 14.9. The molecular formula is C17H26N6O. The first kappa shape index (κ1) is 16.7. The number of rotatable bonds is 3. The zero-order valence-corrected chi connectivity index (χ0v) is 14.9. The fourth-order valence-electron chi connectivity index (χ4n) is 3.17. The maximum absolute atomic E-state index is 11.4. The molecule has 0 saturated carbocycles. The van der Waals surface area contributed by atoms with Gasteiger partial charge in [0.1, 0.15) is 12.1 Å². The number of carbonyl (C=O) groups is 1. The standard InChI is InChI=1S/C17H26N6O/c1-12(24)22-7-5-13(6-8-22)9-18-15-14-10-21-23(17(2,3)4)16(14)20-11-19-15/h10-11,13H,5-9H2,1-4H3,(H,18,19,20). The molecule has 1 aliphatic rings. The second kappa shape index (κ2) is 6.37. The first-order valence-electron chi connectivity index (χ1n) is 8.55. The van der Waals surface area contributed by atoms with Gasteiger partial charge in [-0.05, 0) is 39.5 Å². The van der Waals surface area contributed by atoms with Crippen molar-refractivity contribution < 1.29 is 4.79 Å². The summed E-state index contributed by atoms with van der Waals surface area (Å²) in [5.74, 6) is 1.57. The average molecular weight is 330 g/mol. The van der Waals surface area contributed by atoms with Gasteiger partial charge in [0, 0.05) is 26.6 Å². The Morgan fingerprint density at radius 1 is 1.29 bits per heavy atom. The average Bonchev–Trinajstić information content (AvgIpc) is 2.98. The fourth-order valence-corrected chi connectivity index (χ4v) is 3.17. The van der Waals surface area contributed by atoms with Crippen LogP contribution in [0.15, 0.2) is 12.5 Å². The van der Waals surface area contributed by atoms with Crippen LogP contribution >= 0.6 is 0 Å². The molecule has 1 N–H and O–H groups in total. The maximum Gasteiger partial charge on any atom is 0.219 e. The van der Waals surface area contributed by atoms with Crippen LogP contribution < -0.4 is 5.32 Å². The molecule has 0 aliphatic carbocycles. The smallest absolute Gasteiger partial charge is 0.219 e. The number of aromatic nitrogens is 4. The third kappa shape index (κ3) is 3.34. The van der Waals surface area contributed by atoms with E-state index < -0.39 is 0 Å². The Bertz CT molecular complexity index is 724. The van der Waals surface area contributed by atoms with Crippen molar-refractivity contribution in [2.75, 3.05) is 25.0 Å². The molecule has 1 aliphatic heterocycles. The van der Waals surface area contributed by atoms with Crippen molar-refractivity contribution >= 4 is 22.8 Å². The van der Waals surface area contributed by atoms with E-state index in [0.717, 1.165) is 49.3 Å². The predicted molar refractivity (Wildman–Crippen MR) is 93.8 cm³/mol. The lowest BCUT2D eigenvalue weighted by Gasteiger charge is -2.31.